The van der Waals surface area contributed by atoms with Gasteiger partial charge in [0.2, 0.25) is 5.91 Å². The second kappa shape index (κ2) is 10.2. The molecule has 2 aromatic rings. The van der Waals surface area contributed by atoms with E-state index in [0.29, 0.717) is 28.4 Å². The highest BCUT2D eigenvalue weighted by molar-refractivity contribution is 7.76. The summed E-state index contributed by atoms with van der Waals surface area (Å²) in [5, 5.41) is 18.1. The highest BCUT2D eigenvalue weighted by Crippen LogP contribution is 2.38. The molecule has 1 aliphatic rings. The first kappa shape index (κ1) is 25.8. The van der Waals surface area contributed by atoms with Crippen LogP contribution in [-0.4, -0.2) is 49.1 Å². The molecule has 1 saturated heterocycles. The zero-order chi connectivity index (χ0) is 25.2. The van der Waals surface area contributed by atoms with Crippen molar-refractivity contribution in [3.8, 4) is 5.75 Å². The van der Waals surface area contributed by atoms with Crippen LogP contribution in [0, 0.1) is 0 Å². The minimum Gasteiger partial charge on any atom is -0.760 e. The molecule has 34 heavy (non-hydrogen) atoms. The average molecular weight is 508 g/mol. The van der Waals surface area contributed by atoms with Gasteiger partial charge in [0, 0.05) is 48.6 Å². The number of carbonyl (C=O) groups excluding carboxylic acids is 3. The number of phenolic OH excluding ortho intramolecular Hbond substituents is 1. The molecule has 12 heteroatoms. The van der Waals surface area contributed by atoms with Gasteiger partial charge in [-0.05, 0) is 34.6 Å². The van der Waals surface area contributed by atoms with E-state index >= 15 is 0 Å². The van der Waals surface area contributed by atoms with Gasteiger partial charge in [0.25, 0.3) is 5.91 Å². The molecule has 1 aromatic carbocycles. The molecule has 184 valence electrons. The second-order valence-corrected chi connectivity index (χ2v) is 10.7. The Kier molecular flexibility index (Phi) is 7.76. The first-order chi connectivity index (χ1) is 15.9. The first-order valence-electron chi connectivity index (χ1n) is 10.6. The Balaban J connectivity index is 1.91. The summed E-state index contributed by atoms with van der Waals surface area (Å²) >= 11 is -1.12. The Morgan fingerprint density at radius 3 is 2.62 bits per heavy atom. The van der Waals surface area contributed by atoms with Gasteiger partial charge in [-0.2, -0.15) is 0 Å². The molecule has 1 atom stereocenters. The number of thiophene rings is 1. The number of hydrogen-bond acceptors (Lipinski definition) is 7. The third kappa shape index (κ3) is 5.81. The molecule has 0 radical (unpaired) electrons. The van der Waals surface area contributed by atoms with Crippen LogP contribution in [-0.2, 0) is 28.0 Å². The number of nitrogens with zero attached hydrogens (tertiary/aromatic N) is 2. The number of benzene rings is 1. The quantitative estimate of drug-likeness (QED) is 0.492. The minimum absolute atomic E-state index is 0.0158. The SMILES string of the molecule is CCN(Cc1csc(NC(=O)c2cc(N3CCC(=O)NC3=O)cc(C(C)(C)C)c2O)c1)S(=O)[O-]. The van der Waals surface area contributed by atoms with E-state index in [0.717, 1.165) is 0 Å². The van der Waals surface area contributed by atoms with E-state index < -0.39 is 28.6 Å². The van der Waals surface area contributed by atoms with Gasteiger partial charge < -0.3 is 15.0 Å². The lowest BCUT2D eigenvalue weighted by Gasteiger charge is -2.29. The summed E-state index contributed by atoms with van der Waals surface area (Å²) in [5.74, 6) is -1.14. The predicted molar refractivity (Wildman–Crippen MR) is 130 cm³/mol. The van der Waals surface area contributed by atoms with Gasteiger partial charge in [-0.3, -0.25) is 24.0 Å². The van der Waals surface area contributed by atoms with Crippen molar-refractivity contribution in [1.82, 2.24) is 9.62 Å². The lowest BCUT2D eigenvalue weighted by Crippen LogP contribution is -2.49. The number of nitrogens with one attached hydrogen (secondary N) is 2. The fourth-order valence-electron chi connectivity index (χ4n) is 3.51. The molecular weight excluding hydrogens is 480 g/mol. The van der Waals surface area contributed by atoms with Crippen LogP contribution in [0.4, 0.5) is 15.5 Å². The third-order valence-corrected chi connectivity index (χ3v) is 7.03. The third-order valence-electron chi connectivity index (χ3n) is 5.33. The maximum absolute atomic E-state index is 13.1. The number of carbonyl (C=O) groups is 3. The van der Waals surface area contributed by atoms with E-state index in [1.807, 2.05) is 20.8 Å². The van der Waals surface area contributed by atoms with Crippen LogP contribution in [0.2, 0.25) is 0 Å². The van der Waals surface area contributed by atoms with E-state index in [2.05, 4.69) is 10.6 Å². The number of imide groups is 1. The number of urea groups is 1. The van der Waals surface area contributed by atoms with Gasteiger partial charge >= 0.3 is 6.03 Å². The monoisotopic (exact) mass is 507 g/mol. The summed E-state index contributed by atoms with van der Waals surface area (Å²) in [6.07, 6.45) is 0.125. The van der Waals surface area contributed by atoms with E-state index in [1.165, 1.54) is 26.6 Å². The van der Waals surface area contributed by atoms with Gasteiger partial charge in [0.1, 0.15) is 5.75 Å². The average Bonchev–Trinajstić information content (AvgIpc) is 3.18. The Morgan fingerprint density at radius 2 is 2.03 bits per heavy atom. The molecule has 1 fully saturated rings. The molecule has 3 N–H and O–H groups in total. The van der Waals surface area contributed by atoms with E-state index in [4.69, 9.17) is 0 Å². The minimum atomic E-state index is -2.35. The van der Waals surface area contributed by atoms with Crippen molar-refractivity contribution in [2.45, 2.75) is 46.1 Å². The van der Waals surface area contributed by atoms with Gasteiger partial charge in [-0.15, -0.1) is 11.3 Å². The van der Waals surface area contributed by atoms with Crippen LogP contribution in [0.15, 0.2) is 23.6 Å². The standard InChI is InChI=1S/C22H28N4O6S2/c1-5-25(34(31)32)11-13-8-18(33-12-13)24-20(29)15-9-14(10-16(19(15)28)22(2,3)4)26-7-6-17(27)23-21(26)30/h8-10,12,28H,5-7,11H2,1-4H3,(H,24,29)(H,31,32)(H,23,27,30)/p-1. The van der Waals surface area contributed by atoms with Crippen LogP contribution in [0.1, 0.15) is 55.6 Å². The molecule has 3 rings (SSSR count). The zero-order valence-electron chi connectivity index (χ0n) is 19.3. The fraction of sp³-hybridized carbons (Fsp3) is 0.409. The molecule has 0 saturated carbocycles. The lowest BCUT2D eigenvalue weighted by molar-refractivity contribution is -0.120. The molecule has 1 aliphatic heterocycles. The maximum Gasteiger partial charge on any atom is 0.328 e. The van der Waals surface area contributed by atoms with Crippen molar-refractivity contribution in [1.29, 1.82) is 0 Å². The molecule has 0 bridgehead atoms. The van der Waals surface area contributed by atoms with Crippen LogP contribution < -0.4 is 15.5 Å². The molecule has 10 nitrogen and oxygen atoms in total. The summed E-state index contributed by atoms with van der Waals surface area (Å²) in [7, 11) is 0. The van der Waals surface area contributed by atoms with Gasteiger partial charge in [0.05, 0.1) is 10.6 Å². The number of anilines is 2. The van der Waals surface area contributed by atoms with Crippen molar-refractivity contribution in [2.75, 3.05) is 23.3 Å². The topological polar surface area (TPSA) is 142 Å². The van der Waals surface area contributed by atoms with Crippen molar-refractivity contribution in [3.63, 3.8) is 0 Å². The van der Waals surface area contributed by atoms with Gasteiger partial charge in [-0.1, -0.05) is 27.7 Å². The first-order valence-corrected chi connectivity index (χ1v) is 12.5. The van der Waals surface area contributed by atoms with E-state index in [1.54, 1.807) is 24.4 Å². The number of rotatable bonds is 7. The number of phenols is 1. The highest BCUT2D eigenvalue weighted by Gasteiger charge is 2.29. The summed E-state index contributed by atoms with van der Waals surface area (Å²) in [6, 6.07) is 4.15. The summed E-state index contributed by atoms with van der Waals surface area (Å²) in [5.41, 5.74) is 1.03. The van der Waals surface area contributed by atoms with E-state index in [-0.39, 0.29) is 36.7 Å². The normalized spacial score (nSPS) is 15.4. The largest absolute Gasteiger partial charge is 0.760 e. The number of amides is 4. The maximum atomic E-state index is 13.1. The smallest absolute Gasteiger partial charge is 0.328 e. The highest BCUT2D eigenvalue weighted by atomic mass is 32.2. The summed E-state index contributed by atoms with van der Waals surface area (Å²) in [4.78, 5) is 38.4. The molecule has 1 unspecified atom stereocenters. The summed E-state index contributed by atoms with van der Waals surface area (Å²) in [6.45, 7) is 8.00. The molecule has 4 amide bonds. The Labute approximate surface area is 204 Å². The van der Waals surface area contributed by atoms with Gasteiger partial charge in [0.15, 0.2) is 0 Å². The van der Waals surface area contributed by atoms with Crippen LogP contribution in [0.5, 0.6) is 5.75 Å². The molecule has 2 heterocycles. The Bertz CT molecular complexity index is 1140. The molecule has 0 aliphatic carbocycles. The Morgan fingerprint density at radius 1 is 1.32 bits per heavy atom. The van der Waals surface area contributed by atoms with E-state index in [9.17, 15) is 28.3 Å². The van der Waals surface area contributed by atoms with Crippen LogP contribution in [0.25, 0.3) is 0 Å². The van der Waals surface area contributed by atoms with Crippen molar-refractivity contribution >= 4 is 51.1 Å². The van der Waals surface area contributed by atoms with Crippen LogP contribution in [0.3, 0.4) is 0 Å². The molecule has 1 aromatic heterocycles. The number of hydrogen-bond donors (Lipinski definition) is 3. The predicted octanol–water partition coefficient (Wildman–Crippen LogP) is 3.07. The van der Waals surface area contributed by atoms with Gasteiger partial charge in [-0.25, -0.2) is 9.10 Å². The molecular formula is C22H27N4O6S2-. The molecule has 0 spiro atoms. The number of aromatic hydroxyl groups is 1. The van der Waals surface area contributed by atoms with Crippen molar-refractivity contribution in [3.05, 3.63) is 40.3 Å². The Hall–Kier alpha value is -2.80. The second-order valence-electron chi connectivity index (χ2n) is 8.84. The lowest BCUT2D eigenvalue weighted by atomic mass is 9.84. The zero-order valence-corrected chi connectivity index (χ0v) is 21.0. The van der Waals surface area contributed by atoms with Crippen molar-refractivity contribution in [2.24, 2.45) is 0 Å². The van der Waals surface area contributed by atoms with Crippen molar-refractivity contribution < 1.29 is 28.3 Å². The summed E-state index contributed by atoms with van der Waals surface area (Å²) < 4.78 is 23.7. The van der Waals surface area contributed by atoms with Crippen LogP contribution >= 0.6 is 11.3 Å². The fourth-order valence-corrected chi connectivity index (χ4v) is 4.76.